The van der Waals surface area contributed by atoms with Crippen LogP contribution < -0.4 is 27.4 Å². The molecule has 1 aromatic carbocycles. The van der Waals surface area contributed by atoms with Gasteiger partial charge in [-0.15, -0.1) is 0 Å². The van der Waals surface area contributed by atoms with Crippen LogP contribution >= 0.6 is 0 Å². The minimum absolute atomic E-state index is 0.0792. The molecule has 0 heterocycles. The van der Waals surface area contributed by atoms with Gasteiger partial charge in [-0.25, -0.2) is 0 Å². The molecule has 1 aromatic rings. The number of aliphatic imine (C=N–C) groups is 1. The van der Waals surface area contributed by atoms with E-state index in [-0.39, 0.29) is 18.9 Å². The van der Waals surface area contributed by atoms with Crippen LogP contribution in [0.15, 0.2) is 35.3 Å². The topological polar surface area (TPSA) is 189 Å². The summed E-state index contributed by atoms with van der Waals surface area (Å²) in [6.45, 7) is -0.703. The largest absolute Gasteiger partial charge is 0.480 e. The number of carbonyl (C=O) groups is 4. The van der Waals surface area contributed by atoms with Crippen LogP contribution in [-0.2, 0) is 14.4 Å². The number of carboxylic acid groups (broad SMARTS) is 1. The van der Waals surface area contributed by atoms with Crippen molar-refractivity contribution in [3.05, 3.63) is 35.9 Å². The van der Waals surface area contributed by atoms with Crippen molar-refractivity contribution in [2.45, 2.75) is 18.9 Å². The second-order valence-electron chi connectivity index (χ2n) is 5.73. The lowest BCUT2D eigenvalue weighted by Gasteiger charge is -2.18. The van der Waals surface area contributed by atoms with Gasteiger partial charge in [0.25, 0.3) is 5.91 Å². The molecule has 11 nitrogen and oxygen atoms in total. The molecule has 1 rings (SSSR count). The molecule has 0 radical (unpaired) electrons. The van der Waals surface area contributed by atoms with E-state index < -0.39 is 42.8 Å². The highest BCUT2D eigenvalue weighted by molar-refractivity contribution is 5.98. The van der Waals surface area contributed by atoms with Crippen molar-refractivity contribution < 1.29 is 24.3 Å². The van der Waals surface area contributed by atoms with Crippen LogP contribution in [-0.4, -0.2) is 60.4 Å². The Balaban J connectivity index is 2.66. The number of nitrogens with two attached hydrogens (primary N) is 2. The van der Waals surface area contributed by atoms with Crippen LogP contribution in [0.25, 0.3) is 0 Å². The number of carboxylic acids is 1. The third-order valence-electron chi connectivity index (χ3n) is 3.46. The molecule has 0 aliphatic rings. The van der Waals surface area contributed by atoms with E-state index in [1.165, 1.54) is 0 Å². The fourth-order valence-electron chi connectivity index (χ4n) is 2.13. The summed E-state index contributed by atoms with van der Waals surface area (Å²) in [5.41, 5.74) is 10.9. The predicted molar refractivity (Wildman–Crippen MR) is 101 cm³/mol. The second kappa shape index (κ2) is 11.9. The monoisotopic (exact) mass is 392 g/mol. The molecule has 1 unspecified atom stereocenters. The minimum Gasteiger partial charge on any atom is -0.480 e. The lowest BCUT2D eigenvalue weighted by molar-refractivity contribution is -0.137. The summed E-state index contributed by atoms with van der Waals surface area (Å²) in [6.07, 6.45) is 0.647. The smallest absolute Gasteiger partial charge is 0.322 e. The molecule has 0 spiro atoms. The van der Waals surface area contributed by atoms with Crippen LogP contribution in [0.4, 0.5) is 0 Å². The summed E-state index contributed by atoms with van der Waals surface area (Å²) in [6, 6.07) is 7.41. The Morgan fingerprint density at radius 2 is 1.71 bits per heavy atom. The van der Waals surface area contributed by atoms with Gasteiger partial charge in [-0.2, -0.15) is 0 Å². The van der Waals surface area contributed by atoms with Crippen molar-refractivity contribution >= 4 is 29.7 Å². The number of guanidine groups is 1. The molecular weight excluding hydrogens is 368 g/mol. The fraction of sp³-hybridized carbons (Fsp3) is 0.353. The lowest BCUT2D eigenvalue weighted by Crippen LogP contribution is -2.49. The molecule has 0 aromatic heterocycles. The molecule has 0 fully saturated rings. The van der Waals surface area contributed by atoms with Crippen LogP contribution in [0, 0.1) is 0 Å². The summed E-state index contributed by atoms with van der Waals surface area (Å²) in [5, 5.41) is 15.6. The van der Waals surface area contributed by atoms with Crippen LogP contribution in [0.3, 0.4) is 0 Å². The van der Waals surface area contributed by atoms with Crippen molar-refractivity contribution in [1.82, 2.24) is 16.0 Å². The highest BCUT2D eigenvalue weighted by Gasteiger charge is 2.21. The van der Waals surface area contributed by atoms with Crippen molar-refractivity contribution in [3.63, 3.8) is 0 Å². The summed E-state index contributed by atoms with van der Waals surface area (Å²) >= 11 is 0. The van der Waals surface area contributed by atoms with Crippen LogP contribution in [0.2, 0.25) is 0 Å². The Bertz CT molecular complexity index is 718. The molecule has 3 amide bonds. The maximum Gasteiger partial charge on any atom is 0.322 e. The van der Waals surface area contributed by atoms with E-state index in [0.717, 1.165) is 0 Å². The van der Waals surface area contributed by atoms with Crippen molar-refractivity contribution in [2.75, 3.05) is 19.6 Å². The molecule has 1 atom stereocenters. The first kappa shape index (κ1) is 22.4. The zero-order chi connectivity index (χ0) is 20.9. The van der Waals surface area contributed by atoms with Gasteiger partial charge in [-0.3, -0.25) is 24.2 Å². The predicted octanol–water partition coefficient (Wildman–Crippen LogP) is -1.84. The number of hydrogen-bond acceptors (Lipinski definition) is 5. The SMILES string of the molecule is NC(N)=NCCCC(NC(=O)c1ccccc1)C(=O)NCC(=O)NCC(=O)O. The number of nitrogens with zero attached hydrogens (tertiary/aromatic N) is 1. The summed E-state index contributed by atoms with van der Waals surface area (Å²) in [7, 11) is 0. The van der Waals surface area contributed by atoms with Crippen molar-refractivity contribution in [3.8, 4) is 0 Å². The molecule has 0 saturated heterocycles. The van der Waals surface area contributed by atoms with Gasteiger partial charge in [0.1, 0.15) is 12.6 Å². The van der Waals surface area contributed by atoms with E-state index in [0.29, 0.717) is 12.0 Å². The van der Waals surface area contributed by atoms with E-state index >= 15 is 0 Å². The van der Waals surface area contributed by atoms with Gasteiger partial charge in [-0.1, -0.05) is 18.2 Å². The number of rotatable bonds is 11. The first-order valence-electron chi connectivity index (χ1n) is 8.47. The summed E-state index contributed by atoms with van der Waals surface area (Å²) < 4.78 is 0. The Hall–Kier alpha value is -3.63. The average Bonchev–Trinajstić information content (AvgIpc) is 2.67. The van der Waals surface area contributed by atoms with Crippen LogP contribution in [0.5, 0.6) is 0 Å². The van der Waals surface area contributed by atoms with Gasteiger partial charge in [0.15, 0.2) is 5.96 Å². The maximum atomic E-state index is 12.4. The van der Waals surface area contributed by atoms with Gasteiger partial charge >= 0.3 is 5.97 Å². The lowest BCUT2D eigenvalue weighted by atomic mass is 10.1. The molecule has 11 heteroatoms. The standard InChI is InChI=1S/C17H24N6O5/c18-17(19)20-8-4-7-12(23-15(27)11-5-2-1-3-6-11)16(28)22-9-13(24)21-10-14(25)26/h1-3,5-6,12H,4,7-10H2,(H,21,24)(H,22,28)(H,23,27)(H,25,26)(H4,18,19,20). The molecule has 0 bridgehead atoms. The first-order valence-corrected chi connectivity index (χ1v) is 8.47. The van der Waals surface area contributed by atoms with E-state index in [1.807, 2.05) is 0 Å². The molecule has 152 valence electrons. The second-order valence-corrected chi connectivity index (χ2v) is 5.73. The Morgan fingerprint density at radius 3 is 2.32 bits per heavy atom. The fourth-order valence-corrected chi connectivity index (χ4v) is 2.13. The van der Waals surface area contributed by atoms with Gasteiger partial charge in [0.05, 0.1) is 6.54 Å². The molecular formula is C17H24N6O5. The van der Waals surface area contributed by atoms with Crippen LogP contribution in [0.1, 0.15) is 23.2 Å². The number of hydrogen-bond donors (Lipinski definition) is 6. The zero-order valence-electron chi connectivity index (χ0n) is 15.2. The minimum atomic E-state index is -1.20. The van der Waals surface area contributed by atoms with E-state index in [4.69, 9.17) is 16.6 Å². The summed E-state index contributed by atoms with van der Waals surface area (Å²) in [5.74, 6) is -2.97. The van der Waals surface area contributed by atoms with E-state index in [2.05, 4.69) is 20.9 Å². The number of aliphatic carboxylic acids is 1. The molecule has 8 N–H and O–H groups in total. The molecule has 0 aliphatic heterocycles. The molecule has 0 aliphatic carbocycles. The normalized spacial score (nSPS) is 11.0. The van der Waals surface area contributed by atoms with Crippen molar-refractivity contribution in [2.24, 2.45) is 16.5 Å². The number of amides is 3. The third kappa shape index (κ3) is 9.17. The first-order chi connectivity index (χ1) is 13.3. The number of benzene rings is 1. The highest BCUT2D eigenvalue weighted by atomic mass is 16.4. The summed E-state index contributed by atoms with van der Waals surface area (Å²) in [4.78, 5) is 50.5. The number of carbonyl (C=O) groups excluding carboxylic acids is 3. The van der Waals surface area contributed by atoms with Crippen molar-refractivity contribution in [1.29, 1.82) is 0 Å². The third-order valence-corrected chi connectivity index (χ3v) is 3.46. The average molecular weight is 392 g/mol. The molecule has 0 saturated carbocycles. The Kier molecular flexibility index (Phi) is 9.51. The maximum absolute atomic E-state index is 12.4. The van der Waals surface area contributed by atoms with E-state index in [1.54, 1.807) is 30.3 Å². The number of nitrogens with one attached hydrogen (secondary N) is 3. The Labute approximate surface area is 161 Å². The highest BCUT2D eigenvalue weighted by Crippen LogP contribution is 2.03. The van der Waals surface area contributed by atoms with Gasteiger partial charge in [0.2, 0.25) is 11.8 Å². The zero-order valence-corrected chi connectivity index (χ0v) is 15.2. The van der Waals surface area contributed by atoms with Gasteiger partial charge < -0.3 is 32.5 Å². The Morgan fingerprint density at radius 1 is 1.04 bits per heavy atom. The van der Waals surface area contributed by atoms with E-state index in [9.17, 15) is 19.2 Å². The van der Waals surface area contributed by atoms with Gasteiger partial charge in [-0.05, 0) is 25.0 Å². The van der Waals surface area contributed by atoms with Gasteiger partial charge in [0, 0.05) is 12.1 Å². The quantitative estimate of drug-likeness (QED) is 0.145. The molecule has 28 heavy (non-hydrogen) atoms.